The van der Waals surface area contributed by atoms with Crippen molar-refractivity contribution in [3.05, 3.63) is 32.6 Å². The molecule has 26 heavy (non-hydrogen) atoms. The third kappa shape index (κ3) is 4.43. The summed E-state index contributed by atoms with van der Waals surface area (Å²) >= 11 is 0. The van der Waals surface area contributed by atoms with Gasteiger partial charge in [-0.05, 0) is 23.8 Å². The monoisotopic (exact) mass is 369 g/mol. The summed E-state index contributed by atoms with van der Waals surface area (Å²) < 4.78 is 12.1. The van der Waals surface area contributed by atoms with Crippen LogP contribution in [0, 0.1) is 5.41 Å². The highest BCUT2D eigenvalue weighted by Crippen LogP contribution is 2.35. The van der Waals surface area contributed by atoms with Gasteiger partial charge in [-0.3, -0.25) is 14.3 Å². The second kappa shape index (κ2) is 7.64. The number of nitrogens with one attached hydrogen (secondary N) is 1. The maximum atomic E-state index is 12.4. The lowest BCUT2D eigenvalue weighted by Crippen LogP contribution is -2.40. The zero-order valence-electron chi connectivity index (χ0n) is 16.2. The van der Waals surface area contributed by atoms with E-state index in [9.17, 15) is 14.7 Å². The first-order valence-electron chi connectivity index (χ1n) is 8.89. The lowest BCUT2D eigenvalue weighted by Gasteiger charge is -2.34. The van der Waals surface area contributed by atoms with Crippen LogP contribution in [0.4, 0.5) is 0 Å². The number of aromatic amines is 1. The lowest BCUT2D eigenvalue weighted by molar-refractivity contribution is -0.0548. The molecule has 1 aromatic heterocycles. The molecule has 148 valence electrons. The summed E-state index contributed by atoms with van der Waals surface area (Å²) in [6, 6.07) is 0. The van der Waals surface area contributed by atoms with E-state index in [0.717, 1.165) is 0 Å². The molecule has 8 heteroatoms. The first kappa shape index (κ1) is 20.8. The number of H-pyrrole nitrogens is 1. The Balaban J connectivity index is 2.38. The molecule has 2 heterocycles. The molecule has 2 rings (SSSR count). The first-order chi connectivity index (χ1) is 12.0. The normalized spacial score (nSPS) is 24.2. The minimum absolute atomic E-state index is 0.152. The molecule has 4 N–H and O–H groups in total. The molecule has 0 aromatic carbocycles. The van der Waals surface area contributed by atoms with E-state index in [1.165, 1.54) is 11.7 Å². The summed E-state index contributed by atoms with van der Waals surface area (Å²) in [4.78, 5) is 27.1. The number of hydrogen-bond acceptors (Lipinski definition) is 6. The fourth-order valence-corrected chi connectivity index (χ4v) is 3.75. The lowest BCUT2D eigenvalue weighted by atomic mass is 9.72. The number of rotatable bonds is 7. The number of methoxy groups -OCH3 is 1. The third-order valence-electron chi connectivity index (χ3n) is 5.02. The molecular weight excluding hydrogens is 338 g/mol. The smallest absolute Gasteiger partial charge is 0.330 e. The molecule has 0 amide bonds. The van der Waals surface area contributed by atoms with Crippen molar-refractivity contribution in [3.8, 4) is 0 Å². The zero-order chi connectivity index (χ0) is 19.7. The van der Waals surface area contributed by atoms with Crippen LogP contribution in [0.3, 0.4) is 0 Å². The maximum Gasteiger partial charge on any atom is 0.330 e. The van der Waals surface area contributed by atoms with Gasteiger partial charge in [-0.25, -0.2) is 4.79 Å². The second-order valence-electron chi connectivity index (χ2n) is 8.53. The molecule has 0 aliphatic carbocycles. The fraction of sp³-hybridized carbons (Fsp3) is 0.778. The van der Waals surface area contributed by atoms with Crippen LogP contribution in [0.2, 0.25) is 0 Å². The number of aliphatic hydroxyl groups excluding tert-OH is 1. The van der Waals surface area contributed by atoms with Crippen molar-refractivity contribution in [3.63, 3.8) is 0 Å². The van der Waals surface area contributed by atoms with E-state index in [-0.39, 0.29) is 18.4 Å². The topological polar surface area (TPSA) is 120 Å². The molecule has 0 bridgehead atoms. The van der Waals surface area contributed by atoms with Gasteiger partial charge in [0.1, 0.15) is 12.3 Å². The van der Waals surface area contributed by atoms with Crippen LogP contribution in [0.25, 0.3) is 0 Å². The Labute approximate surface area is 153 Å². The van der Waals surface area contributed by atoms with E-state index >= 15 is 0 Å². The molecule has 1 fully saturated rings. The standard InChI is InChI=1S/C18H31N3O5/c1-17(2,10-19)9-18(3,4)11-7-21(16(24)20-15(11)23)14-6-12(22)13(26-14)8-25-5/h7,12-14,22H,6,8-10,19H2,1-5H3,(H,20,23,24)/t12?,13-,14-/m1/s1. The highest BCUT2D eigenvalue weighted by molar-refractivity contribution is 5.18. The molecule has 1 aliphatic rings. The summed E-state index contributed by atoms with van der Waals surface area (Å²) in [5.74, 6) is 0. The number of nitrogens with zero attached hydrogens (tertiary/aromatic N) is 1. The Morgan fingerprint density at radius 2 is 2.04 bits per heavy atom. The van der Waals surface area contributed by atoms with Crippen LogP contribution < -0.4 is 17.0 Å². The molecule has 0 radical (unpaired) electrons. The number of aliphatic hydroxyl groups is 1. The van der Waals surface area contributed by atoms with E-state index in [4.69, 9.17) is 15.2 Å². The summed E-state index contributed by atoms with van der Waals surface area (Å²) in [6.07, 6.45) is 0.613. The van der Waals surface area contributed by atoms with Gasteiger partial charge in [0.05, 0.1) is 12.7 Å². The van der Waals surface area contributed by atoms with Gasteiger partial charge < -0.3 is 20.3 Å². The van der Waals surface area contributed by atoms with E-state index in [1.54, 1.807) is 6.20 Å². The van der Waals surface area contributed by atoms with Gasteiger partial charge in [-0.1, -0.05) is 27.7 Å². The van der Waals surface area contributed by atoms with Crippen molar-refractivity contribution in [2.45, 2.75) is 64.4 Å². The van der Waals surface area contributed by atoms with Crippen molar-refractivity contribution in [2.75, 3.05) is 20.3 Å². The van der Waals surface area contributed by atoms with Crippen molar-refractivity contribution in [1.82, 2.24) is 9.55 Å². The summed E-state index contributed by atoms with van der Waals surface area (Å²) in [6.45, 7) is 8.74. The van der Waals surface area contributed by atoms with Gasteiger partial charge in [-0.15, -0.1) is 0 Å². The van der Waals surface area contributed by atoms with Gasteiger partial charge in [0.25, 0.3) is 5.56 Å². The number of nitrogens with two attached hydrogens (primary N) is 1. The summed E-state index contributed by atoms with van der Waals surface area (Å²) in [7, 11) is 1.52. The molecule has 1 aromatic rings. The quantitative estimate of drug-likeness (QED) is 0.643. The molecule has 1 unspecified atom stereocenters. The van der Waals surface area contributed by atoms with Crippen molar-refractivity contribution in [1.29, 1.82) is 0 Å². The SMILES string of the molecule is COC[C@H]1O[C@@H](n2cc(C(C)(C)CC(C)(C)CN)c(=O)[nH]c2=O)CC1O. The Morgan fingerprint density at radius 1 is 1.38 bits per heavy atom. The Bertz CT molecular complexity index is 737. The van der Waals surface area contributed by atoms with Crippen molar-refractivity contribution >= 4 is 0 Å². The molecule has 8 nitrogen and oxygen atoms in total. The van der Waals surface area contributed by atoms with E-state index in [1.807, 2.05) is 27.7 Å². The second-order valence-corrected chi connectivity index (χ2v) is 8.53. The Morgan fingerprint density at radius 3 is 2.62 bits per heavy atom. The predicted molar refractivity (Wildman–Crippen MR) is 98.2 cm³/mol. The van der Waals surface area contributed by atoms with Crippen molar-refractivity contribution < 1.29 is 14.6 Å². The van der Waals surface area contributed by atoms with Gasteiger partial charge in [0.15, 0.2) is 0 Å². The molecule has 0 saturated carbocycles. The summed E-state index contributed by atoms with van der Waals surface area (Å²) in [5.41, 5.74) is 4.73. The largest absolute Gasteiger partial charge is 0.390 e. The maximum absolute atomic E-state index is 12.4. The van der Waals surface area contributed by atoms with Crippen LogP contribution in [-0.4, -0.2) is 47.1 Å². The molecule has 0 spiro atoms. The van der Waals surface area contributed by atoms with Crippen LogP contribution in [0.1, 0.15) is 52.3 Å². The van der Waals surface area contributed by atoms with Gasteiger partial charge in [0, 0.05) is 25.3 Å². The van der Waals surface area contributed by atoms with Crippen molar-refractivity contribution in [2.24, 2.45) is 11.1 Å². The first-order valence-corrected chi connectivity index (χ1v) is 8.89. The van der Waals surface area contributed by atoms with Crippen LogP contribution in [0.15, 0.2) is 15.8 Å². The minimum Gasteiger partial charge on any atom is -0.390 e. The van der Waals surface area contributed by atoms with E-state index in [0.29, 0.717) is 18.5 Å². The average molecular weight is 369 g/mol. The number of hydrogen-bond donors (Lipinski definition) is 3. The third-order valence-corrected chi connectivity index (χ3v) is 5.02. The molecule has 3 atom stereocenters. The van der Waals surface area contributed by atoms with Crippen LogP contribution in [0.5, 0.6) is 0 Å². The van der Waals surface area contributed by atoms with Crippen LogP contribution >= 0.6 is 0 Å². The summed E-state index contributed by atoms with van der Waals surface area (Å²) in [5, 5.41) is 10.1. The highest BCUT2D eigenvalue weighted by atomic mass is 16.6. The Hall–Kier alpha value is -1.48. The van der Waals surface area contributed by atoms with Crippen LogP contribution in [-0.2, 0) is 14.9 Å². The average Bonchev–Trinajstić information content (AvgIpc) is 2.87. The predicted octanol–water partition coefficient (Wildman–Crippen LogP) is 0.484. The van der Waals surface area contributed by atoms with E-state index in [2.05, 4.69) is 4.98 Å². The number of ether oxygens (including phenoxy) is 2. The van der Waals surface area contributed by atoms with Gasteiger partial charge >= 0.3 is 5.69 Å². The van der Waals surface area contributed by atoms with E-state index < -0.39 is 35.1 Å². The molecule has 1 saturated heterocycles. The zero-order valence-corrected chi connectivity index (χ0v) is 16.2. The highest BCUT2D eigenvalue weighted by Gasteiger charge is 2.37. The minimum atomic E-state index is -0.730. The molecule has 1 aliphatic heterocycles. The van der Waals surface area contributed by atoms with Gasteiger partial charge in [0.2, 0.25) is 0 Å². The van der Waals surface area contributed by atoms with Gasteiger partial charge in [-0.2, -0.15) is 0 Å². The Kier molecular flexibility index (Phi) is 6.12. The molecular formula is C18H31N3O5. The fourth-order valence-electron chi connectivity index (χ4n) is 3.75. The number of aromatic nitrogens is 2.